The van der Waals surface area contributed by atoms with Crippen molar-refractivity contribution >= 4 is 5.69 Å². The molecule has 0 aliphatic rings. The van der Waals surface area contributed by atoms with Crippen LogP contribution in [0.25, 0.3) is 0 Å². The molecule has 1 atom stereocenters. The van der Waals surface area contributed by atoms with Crippen LogP contribution in [-0.4, -0.2) is 14.6 Å². The van der Waals surface area contributed by atoms with Crippen molar-refractivity contribution < 1.29 is 14.4 Å². The van der Waals surface area contributed by atoms with Gasteiger partial charge in [0.25, 0.3) is 0 Å². The van der Waals surface area contributed by atoms with Crippen LogP contribution in [0.15, 0.2) is 36.7 Å². The van der Waals surface area contributed by atoms with E-state index in [1.165, 1.54) is 12.1 Å². The Morgan fingerprint density at radius 2 is 2.19 bits per heavy atom. The van der Waals surface area contributed by atoms with Gasteiger partial charge in [-0.2, -0.15) is 4.39 Å². The fraction of sp³-hybridized carbons (Fsp3) is 0.333. The summed E-state index contributed by atoms with van der Waals surface area (Å²) in [4.78, 5) is 9.99. The number of hydrogen-bond acceptors (Lipinski definition) is 3. The lowest BCUT2D eigenvalue weighted by Gasteiger charge is -2.07. The van der Waals surface area contributed by atoms with E-state index in [2.05, 4.69) is 0 Å². The van der Waals surface area contributed by atoms with E-state index in [-0.39, 0.29) is 12.1 Å². The van der Waals surface area contributed by atoms with Gasteiger partial charge in [-0.25, -0.2) is 0 Å². The molecule has 0 aliphatic carbocycles. The molecule has 0 bridgehead atoms. The maximum absolute atomic E-state index is 14.0. The molecule has 1 aromatic carbocycles. The average molecular weight is 292 g/mol. The molecular weight excluding hydrogens is 275 g/mol. The van der Waals surface area contributed by atoms with Gasteiger partial charge in [-0.05, 0) is 18.1 Å². The fourth-order valence-corrected chi connectivity index (χ4v) is 2.22. The van der Waals surface area contributed by atoms with Crippen LogP contribution in [0.5, 0.6) is 0 Å². The molecule has 0 saturated carbocycles. The number of hydrogen-bond donors (Lipinski definition) is 1. The number of aliphatic hydroxyl groups excluding tert-OH is 1. The number of rotatable bonds is 6. The largest absolute Gasteiger partial charge is 0.388 e. The highest BCUT2D eigenvalue weighted by atomic mass is 19.1. The third kappa shape index (κ3) is 3.46. The SMILES string of the molecule is CCCC(O)c1ccn(Cc2cccc([N+](=O)[O-])c2F)c1. The second kappa shape index (κ2) is 6.49. The van der Waals surface area contributed by atoms with Gasteiger partial charge in [0.2, 0.25) is 5.82 Å². The van der Waals surface area contributed by atoms with E-state index in [0.29, 0.717) is 6.42 Å². The Hall–Kier alpha value is -2.21. The zero-order valence-electron chi connectivity index (χ0n) is 11.7. The Kier molecular flexibility index (Phi) is 4.70. The van der Waals surface area contributed by atoms with Crippen LogP contribution in [0.4, 0.5) is 10.1 Å². The summed E-state index contributed by atoms with van der Waals surface area (Å²) in [6, 6.07) is 5.90. The topological polar surface area (TPSA) is 68.3 Å². The van der Waals surface area contributed by atoms with Gasteiger partial charge in [0.1, 0.15) is 0 Å². The molecule has 1 unspecified atom stereocenters. The number of aromatic nitrogens is 1. The predicted octanol–water partition coefficient (Wildman–Crippen LogP) is 3.42. The second-order valence-corrected chi connectivity index (χ2v) is 4.93. The molecule has 1 N–H and O–H groups in total. The van der Waals surface area contributed by atoms with E-state index in [1.54, 1.807) is 23.0 Å². The third-order valence-electron chi connectivity index (χ3n) is 3.33. The molecule has 21 heavy (non-hydrogen) atoms. The number of nitrogens with zero attached hydrogens (tertiary/aromatic N) is 2. The molecule has 0 radical (unpaired) electrons. The van der Waals surface area contributed by atoms with Crippen LogP contribution >= 0.6 is 0 Å². The highest BCUT2D eigenvalue weighted by Crippen LogP contribution is 2.22. The Bertz CT molecular complexity index is 640. The van der Waals surface area contributed by atoms with Gasteiger partial charge in [0.15, 0.2) is 0 Å². The van der Waals surface area contributed by atoms with E-state index in [9.17, 15) is 19.6 Å². The van der Waals surface area contributed by atoms with Crippen molar-refractivity contribution in [2.75, 3.05) is 0 Å². The van der Waals surface area contributed by atoms with E-state index in [4.69, 9.17) is 0 Å². The van der Waals surface area contributed by atoms with Crippen LogP contribution in [-0.2, 0) is 6.54 Å². The van der Waals surface area contributed by atoms with Gasteiger partial charge in [0, 0.05) is 24.0 Å². The molecule has 2 rings (SSSR count). The summed E-state index contributed by atoms with van der Waals surface area (Å²) in [5.41, 5.74) is 0.491. The monoisotopic (exact) mass is 292 g/mol. The minimum atomic E-state index is -0.813. The predicted molar refractivity (Wildman–Crippen MR) is 76.5 cm³/mol. The van der Waals surface area contributed by atoms with E-state index >= 15 is 0 Å². The van der Waals surface area contributed by atoms with Crippen molar-refractivity contribution in [3.05, 3.63) is 63.7 Å². The number of benzene rings is 1. The van der Waals surface area contributed by atoms with Crippen LogP contribution in [0.3, 0.4) is 0 Å². The normalized spacial score (nSPS) is 12.3. The van der Waals surface area contributed by atoms with Crippen LogP contribution in [0.2, 0.25) is 0 Å². The second-order valence-electron chi connectivity index (χ2n) is 4.93. The van der Waals surface area contributed by atoms with Crippen molar-refractivity contribution in [3.8, 4) is 0 Å². The molecule has 112 valence electrons. The van der Waals surface area contributed by atoms with Gasteiger partial charge in [-0.1, -0.05) is 25.5 Å². The third-order valence-corrected chi connectivity index (χ3v) is 3.33. The summed E-state index contributed by atoms with van der Waals surface area (Å²) in [5, 5.41) is 20.6. The maximum Gasteiger partial charge on any atom is 0.305 e. The summed E-state index contributed by atoms with van der Waals surface area (Å²) in [6.07, 6.45) is 4.46. The van der Waals surface area contributed by atoms with E-state index in [0.717, 1.165) is 18.1 Å². The Morgan fingerprint density at radius 3 is 2.86 bits per heavy atom. The molecule has 2 aromatic rings. The van der Waals surface area contributed by atoms with E-state index < -0.39 is 22.5 Å². The Morgan fingerprint density at radius 1 is 1.43 bits per heavy atom. The van der Waals surface area contributed by atoms with Gasteiger partial charge < -0.3 is 9.67 Å². The Balaban J connectivity index is 2.19. The van der Waals surface area contributed by atoms with Crippen molar-refractivity contribution in [2.45, 2.75) is 32.4 Å². The first-order chi connectivity index (χ1) is 10.0. The molecule has 0 spiro atoms. The highest BCUT2D eigenvalue weighted by molar-refractivity contribution is 5.37. The fourth-order valence-electron chi connectivity index (χ4n) is 2.22. The molecule has 1 heterocycles. The number of aliphatic hydroxyl groups is 1. The molecule has 1 aromatic heterocycles. The molecule has 0 saturated heterocycles. The van der Waals surface area contributed by atoms with Crippen molar-refractivity contribution in [2.24, 2.45) is 0 Å². The van der Waals surface area contributed by atoms with Crippen LogP contribution in [0, 0.1) is 15.9 Å². The van der Waals surface area contributed by atoms with Crippen molar-refractivity contribution in [3.63, 3.8) is 0 Å². The van der Waals surface area contributed by atoms with Crippen LogP contribution < -0.4 is 0 Å². The first kappa shape index (κ1) is 15.2. The lowest BCUT2D eigenvalue weighted by atomic mass is 10.1. The lowest BCUT2D eigenvalue weighted by Crippen LogP contribution is -2.03. The molecule has 0 amide bonds. The number of halogens is 1. The first-order valence-electron chi connectivity index (χ1n) is 6.78. The van der Waals surface area contributed by atoms with Gasteiger partial charge in [-0.3, -0.25) is 10.1 Å². The summed E-state index contributed by atoms with van der Waals surface area (Å²) >= 11 is 0. The average Bonchev–Trinajstić information content (AvgIpc) is 2.90. The highest BCUT2D eigenvalue weighted by Gasteiger charge is 2.17. The minimum absolute atomic E-state index is 0.187. The first-order valence-corrected chi connectivity index (χ1v) is 6.78. The van der Waals surface area contributed by atoms with Crippen molar-refractivity contribution in [1.82, 2.24) is 4.57 Å². The van der Waals surface area contributed by atoms with Crippen molar-refractivity contribution in [1.29, 1.82) is 0 Å². The summed E-state index contributed by atoms with van der Waals surface area (Å²) < 4.78 is 15.7. The molecule has 0 aliphatic heterocycles. The molecule has 5 nitrogen and oxygen atoms in total. The van der Waals surface area contributed by atoms with Gasteiger partial charge >= 0.3 is 5.69 Å². The zero-order chi connectivity index (χ0) is 15.4. The summed E-state index contributed by atoms with van der Waals surface area (Å²) in [6.45, 7) is 2.17. The number of nitro benzene ring substituents is 1. The summed E-state index contributed by atoms with van der Waals surface area (Å²) in [7, 11) is 0. The Labute approximate surface area is 121 Å². The van der Waals surface area contributed by atoms with Crippen LogP contribution in [0.1, 0.15) is 37.0 Å². The number of nitro groups is 1. The standard InChI is InChI=1S/C15H17FN2O3/c1-2-4-14(19)11-7-8-17(9-11)10-12-5-3-6-13(15(12)16)18(20)21/h3,5-9,14,19H,2,4,10H2,1H3. The summed E-state index contributed by atoms with van der Waals surface area (Å²) in [5.74, 6) is -0.813. The van der Waals surface area contributed by atoms with Gasteiger partial charge in [0.05, 0.1) is 17.6 Å². The van der Waals surface area contributed by atoms with E-state index in [1.807, 2.05) is 6.92 Å². The molecular formula is C15H17FN2O3. The molecule has 6 heteroatoms. The quantitative estimate of drug-likeness (QED) is 0.655. The zero-order valence-corrected chi connectivity index (χ0v) is 11.7. The smallest absolute Gasteiger partial charge is 0.305 e. The van der Waals surface area contributed by atoms with Gasteiger partial charge in [-0.15, -0.1) is 0 Å². The lowest BCUT2D eigenvalue weighted by molar-refractivity contribution is -0.387. The minimum Gasteiger partial charge on any atom is -0.388 e. The maximum atomic E-state index is 14.0. The molecule has 0 fully saturated rings.